The van der Waals surface area contributed by atoms with Crippen molar-refractivity contribution in [3.05, 3.63) is 231 Å². The van der Waals surface area contributed by atoms with Gasteiger partial charge in [-0.1, -0.05) is 182 Å². The van der Waals surface area contributed by atoms with Crippen LogP contribution in [0.2, 0.25) is 0 Å². The number of benzene rings is 10. The predicted octanol–water partition coefficient (Wildman–Crippen LogP) is 15.6. The molecule has 0 aliphatic carbocycles. The van der Waals surface area contributed by atoms with E-state index in [4.69, 9.17) is 0 Å². The lowest BCUT2D eigenvalue weighted by Crippen LogP contribution is -2.11. The molecule has 0 N–H and O–H groups in total. The van der Waals surface area contributed by atoms with Crippen LogP contribution in [0.1, 0.15) is 0 Å². The molecule has 10 aromatic carbocycles. The Bertz CT molecular complexity index is 3260. The van der Waals surface area contributed by atoms with Gasteiger partial charge in [-0.25, -0.2) is 0 Å². The molecule has 1 heterocycles. The van der Waals surface area contributed by atoms with Gasteiger partial charge >= 0.3 is 0 Å². The second-order valence-electron chi connectivity index (χ2n) is 14.9. The van der Waals surface area contributed by atoms with Crippen molar-refractivity contribution >= 4 is 60.4 Å². The first-order valence-electron chi connectivity index (χ1n) is 19.9. The highest BCUT2D eigenvalue weighted by Crippen LogP contribution is 2.45. The molecule has 0 amide bonds. The molecule has 0 aliphatic heterocycles. The minimum Gasteiger partial charge on any atom is -0.310 e. The molecule has 272 valence electrons. The summed E-state index contributed by atoms with van der Waals surface area (Å²) in [6.07, 6.45) is 0. The van der Waals surface area contributed by atoms with Gasteiger partial charge < -0.3 is 9.47 Å². The minimum absolute atomic E-state index is 1.08. The summed E-state index contributed by atoms with van der Waals surface area (Å²) in [5.41, 5.74) is 13.9. The third kappa shape index (κ3) is 5.74. The first-order chi connectivity index (χ1) is 28.8. The molecule has 0 spiro atoms. The van der Waals surface area contributed by atoms with Gasteiger partial charge in [-0.05, 0) is 92.3 Å². The number of fused-ring (bicyclic) bond motifs is 5. The van der Waals surface area contributed by atoms with Gasteiger partial charge in [0.25, 0.3) is 0 Å². The fourth-order valence-corrected chi connectivity index (χ4v) is 8.84. The third-order valence-electron chi connectivity index (χ3n) is 11.6. The van der Waals surface area contributed by atoms with Gasteiger partial charge in [0.15, 0.2) is 0 Å². The van der Waals surface area contributed by atoms with Crippen LogP contribution in [0.15, 0.2) is 231 Å². The molecule has 0 radical (unpaired) electrons. The summed E-state index contributed by atoms with van der Waals surface area (Å²) in [7, 11) is 0. The lowest BCUT2D eigenvalue weighted by molar-refractivity contribution is 1.18. The summed E-state index contributed by atoms with van der Waals surface area (Å²) in [6, 6.07) is 83.8. The SMILES string of the molecule is c1ccc(-c2ccc(N(c3ccc4c5ccccc5n(-c5cc6ccccc6cc5-c5ccccc5)c4c3)c3ccccc3-c3cccc4ccccc34)cc2)cc1. The highest BCUT2D eigenvalue weighted by molar-refractivity contribution is 6.12. The third-order valence-corrected chi connectivity index (χ3v) is 11.6. The average molecular weight is 739 g/mol. The van der Waals surface area contributed by atoms with Gasteiger partial charge in [0, 0.05) is 33.3 Å². The second-order valence-corrected chi connectivity index (χ2v) is 14.9. The number of para-hydroxylation sites is 2. The van der Waals surface area contributed by atoms with Crippen LogP contribution in [-0.4, -0.2) is 4.57 Å². The molecule has 0 atom stereocenters. The van der Waals surface area contributed by atoms with Gasteiger partial charge in [-0.3, -0.25) is 0 Å². The van der Waals surface area contributed by atoms with E-state index in [-0.39, 0.29) is 0 Å². The molecule has 2 nitrogen and oxygen atoms in total. The highest BCUT2D eigenvalue weighted by atomic mass is 15.1. The zero-order valence-electron chi connectivity index (χ0n) is 31.8. The van der Waals surface area contributed by atoms with E-state index in [0.29, 0.717) is 0 Å². The van der Waals surface area contributed by atoms with E-state index in [9.17, 15) is 0 Å². The fourth-order valence-electron chi connectivity index (χ4n) is 8.84. The maximum atomic E-state index is 2.48. The van der Waals surface area contributed by atoms with Crippen molar-refractivity contribution in [3.63, 3.8) is 0 Å². The molecule has 0 bridgehead atoms. The summed E-state index contributed by atoms with van der Waals surface area (Å²) in [6.45, 7) is 0. The Balaban J connectivity index is 1.18. The normalized spacial score (nSPS) is 11.4. The van der Waals surface area contributed by atoms with Crippen molar-refractivity contribution in [2.24, 2.45) is 0 Å². The van der Waals surface area contributed by atoms with E-state index in [1.165, 1.54) is 71.2 Å². The van der Waals surface area contributed by atoms with Crippen LogP contribution in [0.25, 0.3) is 82.4 Å². The Morgan fingerprint density at radius 1 is 0.293 bits per heavy atom. The highest BCUT2D eigenvalue weighted by Gasteiger charge is 2.22. The predicted molar refractivity (Wildman–Crippen MR) is 247 cm³/mol. The summed E-state index contributed by atoms with van der Waals surface area (Å²) < 4.78 is 2.48. The summed E-state index contributed by atoms with van der Waals surface area (Å²) in [5.74, 6) is 0. The Morgan fingerprint density at radius 3 is 1.64 bits per heavy atom. The zero-order valence-corrected chi connectivity index (χ0v) is 31.8. The van der Waals surface area contributed by atoms with Crippen LogP contribution in [0.4, 0.5) is 17.1 Å². The maximum absolute atomic E-state index is 2.48. The van der Waals surface area contributed by atoms with E-state index >= 15 is 0 Å². The lowest BCUT2D eigenvalue weighted by Gasteiger charge is -2.28. The number of aromatic nitrogens is 1. The van der Waals surface area contributed by atoms with E-state index in [1.807, 2.05) is 0 Å². The van der Waals surface area contributed by atoms with Crippen LogP contribution >= 0.6 is 0 Å². The van der Waals surface area contributed by atoms with E-state index < -0.39 is 0 Å². The molecule has 0 saturated heterocycles. The summed E-state index contributed by atoms with van der Waals surface area (Å²) in [5, 5.41) is 7.34. The molecule has 0 aliphatic rings. The molecular formula is C56H38N2. The first kappa shape index (κ1) is 33.6. The number of anilines is 3. The Labute approximate surface area is 338 Å². The second kappa shape index (κ2) is 14.1. The van der Waals surface area contributed by atoms with Gasteiger partial charge in [0.1, 0.15) is 0 Å². The molecule has 0 saturated carbocycles. The molecule has 11 rings (SSSR count). The van der Waals surface area contributed by atoms with Crippen LogP contribution in [0.5, 0.6) is 0 Å². The Hall–Kier alpha value is -7.68. The van der Waals surface area contributed by atoms with E-state index in [1.54, 1.807) is 0 Å². The average Bonchev–Trinajstić information content (AvgIpc) is 3.63. The first-order valence-corrected chi connectivity index (χ1v) is 19.9. The van der Waals surface area contributed by atoms with Crippen molar-refractivity contribution in [3.8, 4) is 39.1 Å². The van der Waals surface area contributed by atoms with Crippen LogP contribution in [-0.2, 0) is 0 Å². The maximum Gasteiger partial charge on any atom is 0.0562 e. The van der Waals surface area contributed by atoms with Crippen molar-refractivity contribution in [2.45, 2.75) is 0 Å². The summed E-state index contributed by atoms with van der Waals surface area (Å²) in [4.78, 5) is 2.44. The molecule has 1 aromatic heterocycles. The van der Waals surface area contributed by atoms with Crippen molar-refractivity contribution in [1.29, 1.82) is 0 Å². The monoisotopic (exact) mass is 738 g/mol. The van der Waals surface area contributed by atoms with Crippen molar-refractivity contribution in [2.75, 3.05) is 4.90 Å². The van der Waals surface area contributed by atoms with Gasteiger partial charge in [-0.2, -0.15) is 0 Å². The topological polar surface area (TPSA) is 8.17 Å². The van der Waals surface area contributed by atoms with Crippen LogP contribution < -0.4 is 4.90 Å². The van der Waals surface area contributed by atoms with Gasteiger partial charge in [-0.15, -0.1) is 0 Å². The van der Waals surface area contributed by atoms with Gasteiger partial charge in [0.05, 0.1) is 22.4 Å². The molecule has 58 heavy (non-hydrogen) atoms. The molecule has 0 fully saturated rings. The largest absolute Gasteiger partial charge is 0.310 e. The van der Waals surface area contributed by atoms with E-state index in [0.717, 1.165) is 28.3 Å². The Kier molecular flexibility index (Phi) is 8.19. The number of hydrogen-bond acceptors (Lipinski definition) is 1. The smallest absolute Gasteiger partial charge is 0.0562 e. The molecule has 11 aromatic rings. The Morgan fingerprint density at radius 2 is 0.845 bits per heavy atom. The van der Waals surface area contributed by atoms with Crippen molar-refractivity contribution < 1.29 is 0 Å². The quantitative estimate of drug-likeness (QED) is 0.158. The van der Waals surface area contributed by atoms with Crippen LogP contribution in [0, 0.1) is 0 Å². The van der Waals surface area contributed by atoms with Crippen LogP contribution in [0.3, 0.4) is 0 Å². The standard InChI is InChI=1S/C56H38N2/c1-3-16-39(17-4-1)40-30-32-45(33-31-40)57(53-28-13-11-25-49(53)48-27-15-23-41-20-9-10-24-47(41)48)46-34-35-51-50-26-12-14-29-54(50)58(56(51)38-46)55-37-44-22-8-7-21-43(44)36-52(55)42-18-5-2-6-19-42/h1-38H. The number of hydrogen-bond donors (Lipinski definition) is 0. The lowest BCUT2D eigenvalue weighted by atomic mass is 9.96. The summed E-state index contributed by atoms with van der Waals surface area (Å²) >= 11 is 0. The zero-order chi connectivity index (χ0) is 38.4. The molecule has 2 heteroatoms. The fraction of sp³-hybridized carbons (Fsp3) is 0. The molecular weight excluding hydrogens is 701 g/mol. The van der Waals surface area contributed by atoms with E-state index in [2.05, 4.69) is 240 Å². The van der Waals surface area contributed by atoms with Crippen molar-refractivity contribution in [1.82, 2.24) is 4.57 Å². The number of rotatable bonds is 7. The minimum atomic E-state index is 1.08. The molecule has 0 unspecified atom stereocenters. The number of nitrogens with zero attached hydrogens (tertiary/aromatic N) is 2. The van der Waals surface area contributed by atoms with Gasteiger partial charge in [0.2, 0.25) is 0 Å².